The van der Waals surface area contributed by atoms with Crippen molar-refractivity contribution in [3.63, 3.8) is 0 Å². The molecule has 0 heterocycles. The van der Waals surface area contributed by atoms with E-state index >= 15 is 0 Å². The average Bonchev–Trinajstić information content (AvgIpc) is 1.90. The van der Waals surface area contributed by atoms with Crippen molar-refractivity contribution in [1.29, 1.82) is 0 Å². The van der Waals surface area contributed by atoms with Gasteiger partial charge in [-0.05, 0) is 0 Å². The van der Waals surface area contributed by atoms with E-state index in [-0.39, 0.29) is 32.7 Å². The van der Waals surface area contributed by atoms with E-state index in [1.54, 1.807) is 0 Å². The molecule has 1 radical (unpaired) electrons. The molecule has 1 unspecified atom stereocenters. The van der Waals surface area contributed by atoms with Gasteiger partial charge in [-0.2, -0.15) is 12.8 Å². The van der Waals surface area contributed by atoms with Gasteiger partial charge in [0.2, 0.25) is 0 Å². The van der Waals surface area contributed by atoms with Crippen LogP contribution in [0.4, 0.5) is 0 Å². The second-order valence-electron chi connectivity index (χ2n) is 2.20. The Balaban J connectivity index is 0.000000640. The zero-order valence-electron chi connectivity index (χ0n) is 5.55. The second kappa shape index (κ2) is 6.22. The molecule has 0 N–H and O–H groups in total. The molecular weight excluding hydrogens is 208 g/mol. The minimum atomic E-state index is 0. The van der Waals surface area contributed by atoms with Gasteiger partial charge in [-0.15, -0.1) is 0 Å². The molecule has 1 saturated carbocycles. The van der Waals surface area contributed by atoms with Crippen molar-refractivity contribution in [1.82, 2.24) is 0 Å². The predicted molar refractivity (Wildman–Crippen MR) is 37.4 cm³/mol. The Morgan fingerprint density at radius 3 is 2.22 bits per heavy atom. The number of hydrogen-bond donors (Lipinski definition) is 0. The molecule has 1 aliphatic carbocycles. The summed E-state index contributed by atoms with van der Waals surface area (Å²) in [5.41, 5.74) is 0. The Hall–Kier alpha value is 1.49. The minimum absolute atomic E-state index is 0. The predicted octanol–water partition coefficient (Wildman–Crippen LogP) is 1.94. The third-order valence-electron chi connectivity index (χ3n) is 1.58. The van der Waals surface area contributed by atoms with Crippen molar-refractivity contribution in [2.45, 2.75) is 31.8 Å². The Bertz CT molecular complexity index is 64.1. The van der Waals surface area contributed by atoms with Crippen LogP contribution in [0.1, 0.15) is 25.7 Å². The summed E-state index contributed by atoms with van der Waals surface area (Å²) in [5.74, 6) is 0. The van der Waals surface area contributed by atoms with Gasteiger partial charge >= 0.3 is 0 Å². The van der Waals surface area contributed by atoms with Crippen LogP contribution < -0.4 is 0 Å². The molecule has 1 rings (SSSR count). The first-order valence-corrected chi connectivity index (χ1v) is 3.58. The summed E-state index contributed by atoms with van der Waals surface area (Å²) < 4.78 is 5.09. The number of rotatable bonds is 1. The zero-order chi connectivity index (χ0) is 5.82. The Labute approximate surface area is 84.5 Å². The maximum atomic E-state index is 5.09. The molecule has 1 fully saturated rings. The van der Waals surface area contributed by atoms with Gasteiger partial charge in [0.1, 0.15) is 0 Å². The van der Waals surface area contributed by atoms with Crippen LogP contribution in [0.5, 0.6) is 0 Å². The van der Waals surface area contributed by atoms with E-state index in [0.717, 1.165) is 0 Å². The van der Waals surface area contributed by atoms with E-state index in [2.05, 4.69) is 15.9 Å². The van der Waals surface area contributed by atoms with Crippen LogP contribution in [0.25, 0.3) is 0 Å². The summed E-state index contributed by atoms with van der Waals surface area (Å²) in [4.78, 5) is 0. The molecular formula is C6H12OPY-. The maximum Gasteiger partial charge on any atom is 0.0562 e. The molecule has 0 aromatic rings. The monoisotopic (exact) mass is 220 g/mol. The quantitative estimate of drug-likeness (QED) is 0.484. The molecule has 51 valence electrons. The van der Waals surface area contributed by atoms with Crippen molar-refractivity contribution in [2.24, 2.45) is 0 Å². The largest absolute Gasteiger partial charge is 0.363 e. The average molecular weight is 220 g/mol. The van der Waals surface area contributed by atoms with Gasteiger partial charge in [0.15, 0.2) is 0 Å². The topological polar surface area (TPSA) is 9.23 Å². The standard InChI is InChI=1S/C6H12OP.Y/c8-7-6-4-2-1-3-5-6;/h1,6H,2-5,8H2;/q-1;. The fourth-order valence-corrected chi connectivity index (χ4v) is 1.30. The van der Waals surface area contributed by atoms with Gasteiger partial charge in [0.25, 0.3) is 0 Å². The van der Waals surface area contributed by atoms with E-state index in [9.17, 15) is 0 Å². The van der Waals surface area contributed by atoms with Crippen molar-refractivity contribution < 1.29 is 37.2 Å². The summed E-state index contributed by atoms with van der Waals surface area (Å²) in [6, 6.07) is 0. The van der Waals surface area contributed by atoms with E-state index < -0.39 is 0 Å². The molecule has 0 aromatic heterocycles. The van der Waals surface area contributed by atoms with E-state index in [0.29, 0.717) is 6.10 Å². The molecule has 1 atom stereocenters. The van der Waals surface area contributed by atoms with E-state index in [1.165, 1.54) is 25.7 Å². The first kappa shape index (κ1) is 10.5. The smallest absolute Gasteiger partial charge is 0.0562 e. The SMILES string of the molecule is POC1CC[CH-]CC1.[Y]. The summed E-state index contributed by atoms with van der Waals surface area (Å²) in [7, 11) is 2.33. The van der Waals surface area contributed by atoms with Crippen LogP contribution in [-0.2, 0) is 37.2 Å². The normalized spacial score (nSPS) is 21.0. The third kappa shape index (κ3) is 4.04. The van der Waals surface area contributed by atoms with Crippen LogP contribution in [0.15, 0.2) is 0 Å². The summed E-state index contributed by atoms with van der Waals surface area (Å²) in [6.45, 7) is 0. The zero-order valence-corrected chi connectivity index (χ0v) is 9.54. The minimum Gasteiger partial charge on any atom is -0.363 e. The van der Waals surface area contributed by atoms with Gasteiger partial charge in [-0.1, -0.05) is 12.8 Å². The first-order valence-electron chi connectivity index (χ1n) is 3.10. The molecule has 0 spiro atoms. The second-order valence-corrected chi connectivity index (χ2v) is 2.47. The maximum absolute atomic E-state index is 5.09. The van der Waals surface area contributed by atoms with Crippen LogP contribution in [0.2, 0.25) is 0 Å². The van der Waals surface area contributed by atoms with Crippen LogP contribution in [0.3, 0.4) is 0 Å². The van der Waals surface area contributed by atoms with Crippen molar-refractivity contribution in [3.8, 4) is 0 Å². The van der Waals surface area contributed by atoms with Crippen molar-refractivity contribution in [3.05, 3.63) is 6.42 Å². The molecule has 3 heteroatoms. The van der Waals surface area contributed by atoms with Crippen LogP contribution in [-0.4, -0.2) is 6.10 Å². The van der Waals surface area contributed by atoms with Gasteiger partial charge in [0.05, 0.1) is 6.10 Å². The number of hydrogen-bond acceptors (Lipinski definition) is 1. The molecule has 0 bridgehead atoms. The fourth-order valence-electron chi connectivity index (χ4n) is 1.03. The van der Waals surface area contributed by atoms with Crippen molar-refractivity contribution in [2.75, 3.05) is 0 Å². The van der Waals surface area contributed by atoms with E-state index in [4.69, 9.17) is 4.52 Å². The van der Waals surface area contributed by atoms with Gasteiger partial charge in [0, 0.05) is 42.2 Å². The van der Waals surface area contributed by atoms with Crippen molar-refractivity contribution >= 4 is 9.47 Å². The molecule has 0 aliphatic heterocycles. The summed E-state index contributed by atoms with van der Waals surface area (Å²) >= 11 is 0. The Morgan fingerprint density at radius 1 is 1.33 bits per heavy atom. The molecule has 0 saturated heterocycles. The molecule has 1 nitrogen and oxygen atoms in total. The third-order valence-corrected chi connectivity index (χ3v) is 1.96. The van der Waals surface area contributed by atoms with Crippen LogP contribution in [0, 0.1) is 6.42 Å². The first-order chi connectivity index (χ1) is 3.93. The van der Waals surface area contributed by atoms with E-state index in [1.807, 2.05) is 0 Å². The Morgan fingerprint density at radius 2 is 1.89 bits per heavy atom. The summed E-state index contributed by atoms with van der Waals surface area (Å²) in [6.07, 6.45) is 7.75. The molecule has 9 heavy (non-hydrogen) atoms. The molecule has 0 amide bonds. The van der Waals surface area contributed by atoms with Gasteiger partial charge in [-0.3, -0.25) is 0 Å². The van der Waals surface area contributed by atoms with Gasteiger partial charge < -0.3 is 10.9 Å². The van der Waals surface area contributed by atoms with Gasteiger partial charge in [-0.25, -0.2) is 0 Å². The Kier molecular flexibility index (Phi) is 7.25. The molecule has 0 aromatic carbocycles. The van der Waals surface area contributed by atoms with Crippen LogP contribution >= 0.6 is 9.47 Å². The summed E-state index contributed by atoms with van der Waals surface area (Å²) in [5, 5.41) is 0. The molecule has 1 aliphatic rings. The fraction of sp³-hybridized carbons (Fsp3) is 0.833.